The first-order chi connectivity index (χ1) is 27.0. The van der Waals surface area contributed by atoms with E-state index < -0.39 is 19.9 Å². The van der Waals surface area contributed by atoms with Gasteiger partial charge in [0.25, 0.3) is 0 Å². The van der Waals surface area contributed by atoms with Crippen molar-refractivity contribution in [1.82, 2.24) is 0 Å². The molecule has 1 N–H and O–H groups in total. The molecular formula is C46H83NO8P+. The van der Waals surface area contributed by atoms with Crippen LogP contribution in [0.15, 0.2) is 60.9 Å². The molecule has 56 heavy (non-hydrogen) atoms. The van der Waals surface area contributed by atoms with E-state index in [2.05, 4.69) is 38.2 Å². The van der Waals surface area contributed by atoms with E-state index in [1.165, 1.54) is 109 Å². The number of carbonyl (C=O) groups is 2. The van der Waals surface area contributed by atoms with E-state index in [9.17, 15) is 19.0 Å². The Morgan fingerprint density at radius 3 is 1.79 bits per heavy atom. The quantitative estimate of drug-likeness (QED) is 0.00953. The molecule has 0 saturated heterocycles. The molecule has 0 spiro atoms. The molecule has 0 aromatic carbocycles. The van der Waals surface area contributed by atoms with Crippen LogP contribution >= 0.6 is 7.82 Å². The van der Waals surface area contributed by atoms with Crippen LogP contribution in [-0.4, -0.2) is 74.7 Å². The second kappa shape index (κ2) is 38.2. The van der Waals surface area contributed by atoms with Crippen molar-refractivity contribution < 1.29 is 42.1 Å². The van der Waals surface area contributed by atoms with Gasteiger partial charge in [-0.3, -0.25) is 18.6 Å². The predicted molar refractivity (Wildman–Crippen MR) is 233 cm³/mol. The Kier molecular flexibility index (Phi) is 36.7. The minimum absolute atomic E-state index is 0.0233. The van der Waals surface area contributed by atoms with Crippen LogP contribution in [0, 0.1) is 0 Å². The number of allylic oxidation sites excluding steroid dienone is 9. The number of ether oxygens (including phenoxy) is 2. The number of hydrogen-bond donors (Lipinski definition) is 1. The third-order valence-corrected chi connectivity index (χ3v) is 10.1. The molecule has 0 rings (SSSR count). The van der Waals surface area contributed by atoms with Gasteiger partial charge in [-0.2, -0.15) is 0 Å². The van der Waals surface area contributed by atoms with Gasteiger partial charge in [0, 0.05) is 12.8 Å². The van der Waals surface area contributed by atoms with Gasteiger partial charge in [0.2, 0.25) is 0 Å². The van der Waals surface area contributed by atoms with Crippen molar-refractivity contribution in [3.05, 3.63) is 60.9 Å². The number of unbranched alkanes of at least 4 members (excludes halogenated alkanes) is 17. The zero-order chi connectivity index (χ0) is 41.4. The number of nitrogens with zero attached hydrogens (tertiary/aromatic N) is 1. The highest BCUT2D eigenvalue weighted by Crippen LogP contribution is 2.43. The first-order valence-corrected chi connectivity index (χ1v) is 23.5. The molecule has 0 bridgehead atoms. The number of carbonyl (C=O) groups excluding carboxylic acids is 2. The largest absolute Gasteiger partial charge is 0.498 e. The number of esters is 1. The zero-order valence-electron chi connectivity index (χ0n) is 36.3. The Labute approximate surface area is 343 Å². The lowest BCUT2D eigenvalue weighted by atomic mass is 10.0. The van der Waals surface area contributed by atoms with E-state index >= 15 is 0 Å². The lowest BCUT2D eigenvalue weighted by Crippen LogP contribution is -2.37. The summed E-state index contributed by atoms with van der Waals surface area (Å²) < 4.78 is 34.5. The molecule has 0 radical (unpaired) electrons. The Morgan fingerprint density at radius 1 is 0.625 bits per heavy atom. The lowest BCUT2D eigenvalue weighted by molar-refractivity contribution is -0.870. The molecular weight excluding hydrogens is 725 g/mol. The fourth-order valence-corrected chi connectivity index (χ4v) is 6.39. The van der Waals surface area contributed by atoms with E-state index in [1.807, 2.05) is 39.4 Å². The molecule has 0 aliphatic carbocycles. The summed E-state index contributed by atoms with van der Waals surface area (Å²) in [5, 5.41) is 0. The summed E-state index contributed by atoms with van der Waals surface area (Å²) >= 11 is 0. The standard InChI is InChI=1S/C46H82NO8P/c1-6-8-10-12-14-16-18-20-21-22-24-26-28-30-32-34-40-52-42-45(43-54-56(50,51)53-41-39-47(3,4)5)55-46(49)38-35-37-44(48)36-33-31-29-27-25-23-19-17-15-13-11-9-7-2/h15,17,23,25,29,31,33-34,36,40,45H,6-14,16,18-22,24,26-28,30,32,35,37-39,41-43H2,1-5H3/p+1/b17-15-,25-23-,31-29-,36-33+,40-34+/t45-/m1/s1. The van der Waals surface area contributed by atoms with Gasteiger partial charge in [-0.25, -0.2) is 4.57 Å². The number of ketones is 1. The van der Waals surface area contributed by atoms with Crippen molar-refractivity contribution in [2.45, 2.75) is 174 Å². The highest BCUT2D eigenvalue weighted by molar-refractivity contribution is 7.47. The van der Waals surface area contributed by atoms with Gasteiger partial charge >= 0.3 is 13.8 Å². The van der Waals surface area contributed by atoms with Crippen LogP contribution < -0.4 is 0 Å². The summed E-state index contributed by atoms with van der Waals surface area (Å²) in [7, 11) is 1.49. The second-order valence-electron chi connectivity index (χ2n) is 15.8. The summed E-state index contributed by atoms with van der Waals surface area (Å²) in [4.78, 5) is 35.1. The average Bonchev–Trinajstić information content (AvgIpc) is 3.14. The molecule has 2 atom stereocenters. The lowest BCUT2D eigenvalue weighted by Gasteiger charge is -2.24. The van der Waals surface area contributed by atoms with Gasteiger partial charge in [0.05, 0.1) is 34.0 Å². The Balaban J connectivity index is 4.50. The summed E-state index contributed by atoms with van der Waals surface area (Å²) in [6.45, 7) is 4.61. The minimum Gasteiger partial charge on any atom is -0.498 e. The maximum atomic E-state index is 12.7. The van der Waals surface area contributed by atoms with Gasteiger partial charge in [0.15, 0.2) is 11.9 Å². The number of hydrogen-bond acceptors (Lipinski definition) is 7. The topological polar surface area (TPSA) is 108 Å². The van der Waals surface area contributed by atoms with Crippen molar-refractivity contribution in [1.29, 1.82) is 0 Å². The highest BCUT2D eigenvalue weighted by atomic mass is 31.2. The van der Waals surface area contributed by atoms with Crippen LogP contribution in [0.1, 0.15) is 168 Å². The first-order valence-electron chi connectivity index (χ1n) is 22.0. The molecule has 1 unspecified atom stereocenters. The van der Waals surface area contributed by atoms with Crippen molar-refractivity contribution in [3.63, 3.8) is 0 Å². The third-order valence-electron chi connectivity index (χ3n) is 9.12. The van der Waals surface area contributed by atoms with Crippen molar-refractivity contribution in [2.75, 3.05) is 47.5 Å². The monoisotopic (exact) mass is 809 g/mol. The number of quaternary nitrogens is 1. The molecule has 0 amide bonds. The van der Waals surface area contributed by atoms with Gasteiger partial charge in [-0.05, 0) is 57.1 Å². The van der Waals surface area contributed by atoms with Crippen molar-refractivity contribution in [3.8, 4) is 0 Å². The fraction of sp³-hybridized carbons (Fsp3) is 0.739. The molecule has 0 aliphatic heterocycles. The highest BCUT2D eigenvalue weighted by Gasteiger charge is 2.26. The summed E-state index contributed by atoms with van der Waals surface area (Å²) in [5.41, 5.74) is 0. The van der Waals surface area contributed by atoms with Crippen LogP contribution in [-0.2, 0) is 32.7 Å². The summed E-state index contributed by atoms with van der Waals surface area (Å²) in [5.74, 6) is -0.614. The fourth-order valence-electron chi connectivity index (χ4n) is 5.65. The molecule has 0 aromatic rings. The van der Waals surface area contributed by atoms with E-state index in [1.54, 1.807) is 12.3 Å². The number of likely N-dealkylation sites (N-methyl/N-ethyl adjacent to an activating group) is 1. The molecule has 0 aliphatic rings. The van der Waals surface area contributed by atoms with Crippen molar-refractivity contribution >= 4 is 19.6 Å². The number of phosphoric ester groups is 1. The summed E-state index contributed by atoms with van der Waals surface area (Å²) in [6, 6.07) is 0. The summed E-state index contributed by atoms with van der Waals surface area (Å²) in [6.07, 6.45) is 44.9. The second-order valence-corrected chi connectivity index (χ2v) is 17.3. The SMILES string of the molecule is CCCCC/C=C\C/C=C\C/C=C\C=C\C(=O)CCCC(=O)O[C@H](CO/C=C/CCCCCCCCCCCCCCCC)COP(=O)(O)OCC[N+](C)(C)C. The predicted octanol–water partition coefficient (Wildman–Crippen LogP) is 12.5. The van der Waals surface area contributed by atoms with E-state index in [0.29, 0.717) is 17.4 Å². The van der Waals surface area contributed by atoms with Crippen LogP contribution in [0.4, 0.5) is 0 Å². The van der Waals surface area contributed by atoms with Crippen LogP contribution in [0.5, 0.6) is 0 Å². The average molecular weight is 809 g/mol. The Hall–Kier alpha value is -2.29. The van der Waals surface area contributed by atoms with Gasteiger partial charge < -0.3 is 18.9 Å². The molecule has 324 valence electrons. The smallest absolute Gasteiger partial charge is 0.472 e. The van der Waals surface area contributed by atoms with E-state index in [4.69, 9.17) is 18.5 Å². The van der Waals surface area contributed by atoms with Crippen LogP contribution in [0.25, 0.3) is 0 Å². The maximum absolute atomic E-state index is 12.7. The van der Waals surface area contributed by atoms with E-state index in [0.717, 1.165) is 32.1 Å². The first kappa shape index (κ1) is 53.7. The molecule has 0 saturated carbocycles. The van der Waals surface area contributed by atoms with Gasteiger partial charge in [-0.15, -0.1) is 0 Å². The number of rotatable bonds is 40. The molecule has 0 aromatic heterocycles. The molecule has 9 nitrogen and oxygen atoms in total. The normalized spacial score (nSPS) is 14.2. The maximum Gasteiger partial charge on any atom is 0.472 e. The zero-order valence-corrected chi connectivity index (χ0v) is 37.2. The van der Waals surface area contributed by atoms with Crippen molar-refractivity contribution in [2.24, 2.45) is 0 Å². The molecule has 0 heterocycles. The van der Waals surface area contributed by atoms with Crippen LogP contribution in [0.3, 0.4) is 0 Å². The van der Waals surface area contributed by atoms with E-state index in [-0.39, 0.29) is 38.4 Å². The Morgan fingerprint density at radius 2 is 1.16 bits per heavy atom. The number of phosphoric acid groups is 1. The van der Waals surface area contributed by atoms with Gasteiger partial charge in [-0.1, -0.05) is 153 Å². The minimum atomic E-state index is -4.36. The van der Waals surface area contributed by atoms with Crippen LogP contribution in [0.2, 0.25) is 0 Å². The third kappa shape index (κ3) is 41.3. The van der Waals surface area contributed by atoms with Gasteiger partial charge in [0.1, 0.15) is 19.8 Å². The Bertz CT molecular complexity index is 1140. The molecule has 0 fully saturated rings. The molecule has 10 heteroatoms.